The number of nitrogens with one attached hydrogen (secondary N) is 6. The predicted octanol–water partition coefficient (Wildman–Crippen LogP) is 11.5. The van der Waals surface area contributed by atoms with Crippen LogP contribution in [0.2, 0.25) is 0 Å². The van der Waals surface area contributed by atoms with E-state index in [2.05, 4.69) is 130 Å². The number of ether oxygens (including phenoxy) is 1. The Morgan fingerprint density at radius 1 is 0.374 bits per heavy atom. The van der Waals surface area contributed by atoms with E-state index in [1.165, 1.54) is 6.42 Å². The van der Waals surface area contributed by atoms with Crippen molar-refractivity contribution in [2.45, 2.75) is 50.2 Å². The van der Waals surface area contributed by atoms with E-state index in [0.717, 1.165) is 193 Å². The summed E-state index contributed by atoms with van der Waals surface area (Å²) in [7, 11) is 15.3. The summed E-state index contributed by atoms with van der Waals surface area (Å²) in [5.41, 5.74) is 26.0. The van der Waals surface area contributed by atoms with Gasteiger partial charge in [0.1, 0.15) is 23.3 Å². The third-order valence-electron chi connectivity index (χ3n) is 22.0. The third kappa shape index (κ3) is 19.7. The fourth-order valence-electron chi connectivity index (χ4n) is 15.1. The molecular formula is C90H97N31O2. The minimum absolute atomic E-state index is 0.0940. The van der Waals surface area contributed by atoms with E-state index in [1.54, 1.807) is 43.7 Å². The summed E-state index contributed by atoms with van der Waals surface area (Å²) >= 11 is 0. The maximum atomic E-state index is 11.6. The zero-order valence-corrected chi connectivity index (χ0v) is 69.8. The Morgan fingerprint density at radius 2 is 0.683 bits per heavy atom. The first-order chi connectivity index (χ1) is 59.9. The molecule has 1 aliphatic carbocycles. The highest BCUT2D eigenvalue weighted by Gasteiger charge is 2.29. The van der Waals surface area contributed by atoms with Crippen LogP contribution in [-0.2, 0) is 65.9 Å². The number of carbonyl (C=O) groups excluding carboxylic acids is 1. The van der Waals surface area contributed by atoms with Crippen LogP contribution in [0, 0.1) is 11.8 Å². The molecule has 4 fully saturated rings. The molecule has 16 aromatic rings. The number of hydrogen-bond donors (Lipinski definition) is 7. The van der Waals surface area contributed by atoms with Crippen LogP contribution in [0.4, 0.5) is 23.3 Å². The number of amides is 1. The summed E-state index contributed by atoms with van der Waals surface area (Å²) in [5, 5.41) is 54.7. The highest BCUT2D eigenvalue weighted by Crippen LogP contribution is 2.37. The second-order valence-electron chi connectivity index (χ2n) is 31.6. The molecule has 33 heteroatoms. The van der Waals surface area contributed by atoms with Gasteiger partial charge in [0.25, 0.3) is 0 Å². The van der Waals surface area contributed by atoms with Crippen LogP contribution in [0.25, 0.3) is 135 Å². The lowest BCUT2D eigenvalue weighted by molar-refractivity contribution is -0.119. The van der Waals surface area contributed by atoms with Crippen LogP contribution in [-0.4, -0.2) is 188 Å². The Bertz CT molecular complexity index is 6340. The summed E-state index contributed by atoms with van der Waals surface area (Å²) in [4.78, 5) is 49.8. The maximum absolute atomic E-state index is 11.6. The Morgan fingerprint density at radius 3 is 0.967 bits per heavy atom. The van der Waals surface area contributed by atoms with Gasteiger partial charge in [-0.2, -0.15) is 40.8 Å². The van der Waals surface area contributed by atoms with E-state index in [0.29, 0.717) is 54.1 Å². The molecule has 123 heavy (non-hydrogen) atoms. The molecule has 3 aliphatic heterocycles. The Hall–Kier alpha value is -14.6. The molecule has 0 unspecified atom stereocenters. The number of benzene rings is 4. The number of hydrogen-bond acceptors (Lipinski definition) is 24. The van der Waals surface area contributed by atoms with Crippen molar-refractivity contribution in [1.82, 2.24) is 129 Å². The quantitative estimate of drug-likeness (QED) is 0.0313. The van der Waals surface area contributed by atoms with Gasteiger partial charge in [0.15, 0.2) is 23.3 Å². The highest BCUT2D eigenvalue weighted by molar-refractivity contribution is 5.82. The smallest absolute Gasteiger partial charge is 0.220 e. The fraction of sp³-hybridized carbons (Fsp3) is 0.278. The van der Waals surface area contributed by atoms with Crippen molar-refractivity contribution < 1.29 is 9.53 Å². The van der Waals surface area contributed by atoms with Crippen LogP contribution < -0.4 is 37.6 Å². The Kier molecular flexibility index (Phi) is 24.0. The van der Waals surface area contributed by atoms with Crippen LogP contribution >= 0.6 is 0 Å². The predicted molar refractivity (Wildman–Crippen MR) is 474 cm³/mol. The first-order valence-corrected chi connectivity index (χ1v) is 41.0. The van der Waals surface area contributed by atoms with E-state index in [4.69, 9.17) is 35.4 Å². The van der Waals surface area contributed by atoms with Crippen LogP contribution in [0.5, 0.6) is 0 Å². The molecule has 2 atom stereocenters. The highest BCUT2D eigenvalue weighted by atomic mass is 16.5. The van der Waals surface area contributed by atoms with Gasteiger partial charge in [0, 0.05) is 270 Å². The van der Waals surface area contributed by atoms with Crippen molar-refractivity contribution in [3.63, 3.8) is 0 Å². The molecule has 1 saturated carbocycles. The normalized spacial score (nSPS) is 16.0. The van der Waals surface area contributed by atoms with Crippen molar-refractivity contribution in [2.75, 3.05) is 67.2 Å². The minimum Gasteiger partial charge on any atom is -0.381 e. The van der Waals surface area contributed by atoms with Gasteiger partial charge in [-0.05, 0) is 91.2 Å². The maximum Gasteiger partial charge on any atom is 0.220 e. The standard InChI is InChI=1S/C23H24N8O.C23H26N8.C22H24N8.C22H23N7O/c1-30-13-17(9-26-30)15-4-3-5-16(8-15)22-25-12-20(18-10-27-31(2)14-18)23(29-22)24-11-19-6-7-21(32)28-19;1-30-14-19(11-27-30)17-4-3-5-18(8-17)22-26-13-21(20-12-28-31(2)15-20)23(29-22)25-10-16-6-7-24-9-16;1-29-12-16(9-25-29)14-4-3-5-15(6-14)21-24-11-20(17-10-26-30(2)13-17)22(28-21)27-19-7-18(23)8-19;1-28-11-18(8-25-28)16-4-3-5-17(6-16)21-24-10-20(19-9-26-29(2)12-19)22(27-21)23-7-15-13-30-14-15/h3-5,8-10,12-14,19H,6-7,11H2,1-2H3,(H,28,32)(H,24,25,29);3-5,8,11-16,24H,6-7,9-10H2,1-2H3,(H,25,26,29);3-6,9-13,18-19H,7-8,23H2,1-2H3,(H,24,27,28);3-6,8-12,15H,7,13-14H2,1-2H3,(H,23,24,27)/t19-;16-;;/m00../s1. The van der Waals surface area contributed by atoms with Crippen molar-refractivity contribution in [1.29, 1.82) is 0 Å². The molecule has 0 radical (unpaired) electrons. The first kappa shape index (κ1) is 80.8. The van der Waals surface area contributed by atoms with Gasteiger partial charge in [0.2, 0.25) is 5.91 Å². The summed E-state index contributed by atoms with van der Waals surface area (Å²) in [6.07, 6.45) is 42.5. The van der Waals surface area contributed by atoms with Crippen molar-refractivity contribution in [3.05, 3.63) is 221 Å². The Labute approximate surface area is 710 Å². The number of nitrogens with zero attached hydrogens (tertiary/aromatic N) is 24. The molecule has 0 bridgehead atoms. The van der Waals surface area contributed by atoms with Gasteiger partial charge >= 0.3 is 0 Å². The lowest BCUT2D eigenvalue weighted by Crippen LogP contribution is -2.44. The van der Waals surface area contributed by atoms with Gasteiger partial charge in [-0.15, -0.1) is 0 Å². The monoisotopic (exact) mass is 1640 g/mol. The van der Waals surface area contributed by atoms with Crippen LogP contribution in [0.3, 0.4) is 0 Å². The minimum atomic E-state index is 0.0940. The van der Waals surface area contributed by atoms with E-state index in [9.17, 15) is 4.79 Å². The second-order valence-corrected chi connectivity index (χ2v) is 31.6. The van der Waals surface area contributed by atoms with Gasteiger partial charge in [0.05, 0.1) is 62.8 Å². The molecule has 0 spiro atoms. The molecule has 624 valence electrons. The van der Waals surface area contributed by atoms with Gasteiger partial charge in [-0.25, -0.2) is 39.9 Å². The van der Waals surface area contributed by atoms with Crippen molar-refractivity contribution >= 4 is 29.2 Å². The van der Waals surface area contributed by atoms with Crippen LogP contribution in [0.15, 0.2) is 221 Å². The van der Waals surface area contributed by atoms with E-state index in [-0.39, 0.29) is 18.0 Å². The lowest BCUT2D eigenvalue weighted by Gasteiger charge is -2.33. The van der Waals surface area contributed by atoms with Crippen LogP contribution in [0.1, 0.15) is 32.1 Å². The Balaban J connectivity index is 0.000000116. The summed E-state index contributed by atoms with van der Waals surface area (Å²) in [6, 6.07) is 33.5. The molecule has 20 rings (SSSR count). The lowest BCUT2D eigenvalue weighted by atomic mass is 9.87. The first-order valence-electron chi connectivity index (χ1n) is 41.0. The molecule has 12 aromatic heterocycles. The second kappa shape index (κ2) is 36.6. The molecule has 3 saturated heterocycles. The number of carbonyl (C=O) groups is 1. The summed E-state index contributed by atoms with van der Waals surface area (Å²) in [5.74, 6) is 7.09. The number of aromatic nitrogens is 24. The van der Waals surface area contributed by atoms with Gasteiger partial charge < -0.3 is 42.4 Å². The van der Waals surface area contributed by atoms with Gasteiger partial charge in [-0.1, -0.05) is 72.8 Å². The van der Waals surface area contributed by atoms with E-state index < -0.39 is 0 Å². The van der Waals surface area contributed by atoms with Crippen molar-refractivity contribution in [2.24, 2.45) is 74.0 Å². The average molecular weight is 1640 g/mol. The SMILES string of the molecule is Cn1cc(-c2cccc(-c3ncc(-c4cnn(C)c4)c(NC4CC(N)C4)n3)c2)cn1.Cn1cc(-c2cccc(-c3ncc(-c4cnn(C)c4)c(NCC4COC4)n3)c2)cn1.Cn1cc(-c2cccc(-c3ncc(-c4cnn(C)c4)c(NC[C@@H]4CCC(=O)N4)n3)c2)cn1.Cn1cc(-c2cccc(-c3ncc(-c4cnn(C)c4)c(NC[C@H]4CCNC4)n3)c2)cn1. The molecular weight excluding hydrogens is 1550 g/mol. The fourth-order valence-corrected chi connectivity index (χ4v) is 15.1. The third-order valence-corrected chi connectivity index (χ3v) is 22.0. The molecule has 1 amide bonds. The van der Waals surface area contributed by atoms with Crippen molar-refractivity contribution in [3.8, 4) is 135 Å². The topological polar surface area (TPSA) is 370 Å². The van der Waals surface area contributed by atoms with E-state index in [1.807, 2.05) is 229 Å². The number of aryl methyl sites for hydroxylation is 8. The molecule has 4 aliphatic rings. The van der Waals surface area contributed by atoms with Gasteiger partial charge in [-0.3, -0.25) is 42.2 Å². The average Bonchev–Trinajstić information content (AvgIpc) is 1.79. The largest absolute Gasteiger partial charge is 0.381 e. The zero-order valence-electron chi connectivity index (χ0n) is 69.8. The molecule has 4 aromatic carbocycles. The summed E-state index contributed by atoms with van der Waals surface area (Å²) < 4.78 is 19.6. The molecule has 33 nitrogen and oxygen atoms in total. The number of anilines is 4. The van der Waals surface area contributed by atoms with E-state index >= 15 is 0 Å². The number of nitrogens with two attached hydrogens (primary N) is 1. The molecule has 8 N–H and O–H groups in total. The number of rotatable bonds is 23. The zero-order chi connectivity index (χ0) is 84.5. The summed E-state index contributed by atoms with van der Waals surface area (Å²) in [6.45, 7) is 6.01. The molecule has 15 heterocycles.